The molecule has 149 valence electrons. The van der Waals surface area contributed by atoms with E-state index in [2.05, 4.69) is 47.6 Å². The van der Waals surface area contributed by atoms with Crippen LogP contribution >= 0.6 is 0 Å². The predicted octanol–water partition coefficient (Wildman–Crippen LogP) is 0.172. The minimum absolute atomic E-state index is 0. The quantitative estimate of drug-likeness (QED) is 0.444. The third kappa shape index (κ3) is 14.5. The molecule has 6 heteroatoms. The van der Waals surface area contributed by atoms with Gasteiger partial charge in [-0.05, 0) is 12.8 Å². The number of carbonyl (C=O) groups is 1. The number of nitrogens with one attached hydrogen (secondary N) is 1. The van der Waals surface area contributed by atoms with Gasteiger partial charge in [0.15, 0.2) is 0 Å². The van der Waals surface area contributed by atoms with Crippen LogP contribution in [0.15, 0.2) is 16.7 Å². The van der Waals surface area contributed by atoms with E-state index in [1.165, 1.54) is 35.2 Å². The molecule has 0 heterocycles. The molecule has 1 atom stereocenters. The summed E-state index contributed by atoms with van der Waals surface area (Å²) in [4.78, 5) is 10.5. The van der Waals surface area contributed by atoms with Gasteiger partial charge in [0.25, 0.3) is 0 Å². The average molecular weight is 453 g/mol. The summed E-state index contributed by atoms with van der Waals surface area (Å²) in [6.07, 6.45) is 8.83. The SMILES string of the molecule is CC1=[C-]C(C)C(C)=C1C.CC[SiH]CC.[Cl-].[Cl-].[NH-]C(=O)C1CCCCC1.[Ti+4]. The molecule has 0 aliphatic heterocycles. The Morgan fingerprint density at radius 1 is 1.08 bits per heavy atom. The Morgan fingerprint density at radius 2 is 1.54 bits per heavy atom. The Morgan fingerprint density at radius 3 is 1.69 bits per heavy atom. The molecule has 0 aromatic carbocycles. The fourth-order valence-electron chi connectivity index (χ4n) is 2.82. The summed E-state index contributed by atoms with van der Waals surface area (Å²) < 4.78 is 0. The van der Waals surface area contributed by atoms with Crippen LogP contribution in [0, 0.1) is 17.9 Å². The van der Waals surface area contributed by atoms with E-state index in [9.17, 15) is 4.79 Å². The first-order valence-electron chi connectivity index (χ1n) is 9.19. The summed E-state index contributed by atoms with van der Waals surface area (Å²) in [5.41, 5.74) is 11.1. The van der Waals surface area contributed by atoms with E-state index >= 15 is 0 Å². The van der Waals surface area contributed by atoms with Crippen molar-refractivity contribution in [2.24, 2.45) is 11.8 Å². The van der Waals surface area contributed by atoms with Gasteiger partial charge in [-0.1, -0.05) is 71.9 Å². The first kappa shape index (κ1) is 34.0. The number of hydrogen-bond donors (Lipinski definition) is 0. The van der Waals surface area contributed by atoms with Gasteiger partial charge in [0.05, 0.1) is 5.91 Å². The fraction of sp³-hybridized carbons (Fsp3) is 0.750. The number of hydrogen-bond acceptors (Lipinski definition) is 1. The molecule has 1 fully saturated rings. The summed E-state index contributed by atoms with van der Waals surface area (Å²) >= 11 is 0. The average Bonchev–Trinajstić information content (AvgIpc) is 2.76. The van der Waals surface area contributed by atoms with Crippen LogP contribution in [0.1, 0.15) is 73.6 Å². The smallest absolute Gasteiger partial charge is 1.00 e. The van der Waals surface area contributed by atoms with Crippen LogP contribution in [0.2, 0.25) is 12.1 Å². The van der Waals surface area contributed by atoms with Crippen LogP contribution in [0.4, 0.5) is 0 Å². The largest absolute Gasteiger partial charge is 4.00 e. The molecule has 2 aliphatic rings. The molecule has 0 bridgehead atoms. The molecule has 0 saturated heterocycles. The van der Waals surface area contributed by atoms with Crippen molar-refractivity contribution in [3.05, 3.63) is 28.5 Å². The molecule has 1 saturated carbocycles. The van der Waals surface area contributed by atoms with Crippen LogP contribution in [0.25, 0.3) is 5.73 Å². The topological polar surface area (TPSA) is 40.9 Å². The zero-order chi connectivity index (χ0) is 17.8. The normalized spacial score (nSPS) is 18.5. The third-order valence-corrected chi connectivity index (χ3v) is 5.94. The van der Waals surface area contributed by atoms with E-state index in [0.717, 1.165) is 35.2 Å². The van der Waals surface area contributed by atoms with E-state index in [4.69, 9.17) is 5.73 Å². The molecule has 1 N–H and O–H groups in total. The van der Waals surface area contributed by atoms with Crippen LogP contribution in [-0.4, -0.2) is 15.4 Å². The molecule has 2 nitrogen and oxygen atoms in total. The van der Waals surface area contributed by atoms with Gasteiger partial charge in [0.2, 0.25) is 0 Å². The van der Waals surface area contributed by atoms with Crippen LogP contribution in [0.3, 0.4) is 0 Å². The van der Waals surface area contributed by atoms with Crippen molar-refractivity contribution in [3.8, 4) is 0 Å². The summed E-state index contributed by atoms with van der Waals surface area (Å²) in [6, 6.07) is 2.85. The van der Waals surface area contributed by atoms with Crippen LogP contribution in [-0.2, 0) is 26.5 Å². The molecule has 0 aromatic heterocycles. The van der Waals surface area contributed by atoms with Crippen molar-refractivity contribution in [2.75, 3.05) is 0 Å². The number of amides is 1. The first-order valence-corrected chi connectivity index (χ1v) is 10.8. The molecular formula is C20H36Cl2NOSiTi. The zero-order valence-electron chi connectivity index (χ0n) is 17.3. The summed E-state index contributed by atoms with van der Waals surface area (Å²) in [5, 5.41) is 0. The monoisotopic (exact) mass is 452 g/mol. The van der Waals surface area contributed by atoms with Gasteiger partial charge in [-0.15, -0.1) is 6.92 Å². The van der Waals surface area contributed by atoms with E-state index < -0.39 is 0 Å². The molecule has 2 rings (SSSR count). The van der Waals surface area contributed by atoms with Gasteiger partial charge in [-0.25, -0.2) is 5.57 Å². The van der Waals surface area contributed by atoms with Crippen molar-refractivity contribution >= 4 is 15.4 Å². The van der Waals surface area contributed by atoms with Crippen LogP contribution in [0.5, 0.6) is 0 Å². The Balaban J connectivity index is -0.000000137. The molecule has 2 aliphatic carbocycles. The van der Waals surface area contributed by atoms with E-state index in [0.29, 0.717) is 5.92 Å². The fourth-order valence-corrected chi connectivity index (χ4v) is 3.39. The van der Waals surface area contributed by atoms with E-state index in [1.807, 2.05) is 0 Å². The van der Waals surface area contributed by atoms with Gasteiger partial charge < -0.3 is 35.3 Å². The Bertz CT molecular complexity index is 420. The molecule has 1 unspecified atom stereocenters. The molecule has 0 spiro atoms. The van der Waals surface area contributed by atoms with Crippen molar-refractivity contribution in [1.29, 1.82) is 0 Å². The van der Waals surface area contributed by atoms with E-state index in [1.54, 1.807) is 0 Å². The maximum atomic E-state index is 10.5. The molecule has 0 aromatic rings. The predicted molar refractivity (Wildman–Crippen MR) is 104 cm³/mol. The second-order valence-electron chi connectivity index (χ2n) is 6.60. The Hall–Kier alpha value is 0.461. The second-order valence-corrected chi connectivity index (χ2v) is 8.81. The molecular weight excluding hydrogens is 417 g/mol. The third-order valence-electron chi connectivity index (χ3n) is 4.79. The van der Waals surface area contributed by atoms with Crippen LogP contribution < -0.4 is 24.8 Å². The van der Waals surface area contributed by atoms with Gasteiger partial charge in [0, 0.05) is 15.4 Å². The molecule has 26 heavy (non-hydrogen) atoms. The van der Waals surface area contributed by atoms with Gasteiger partial charge in [-0.3, -0.25) is 6.08 Å². The van der Waals surface area contributed by atoms with Crippen molar-refractivity contribution < 1.29 is 51.3 Å². The maximum Gasteiger partial charge on any atom is 4.00 e. The standard InChI is InChI=1S/C9H13.C7H13NO.C4H11Si.2ClH.Ti/c1-6-5-7(2)9(4)8(6)3;8-7(9)6-4-2-1-3-5-6;1-3-5-4-2;;;/h6H,1-4H3;6H,1-5H2,(H2,8,9);5H,3-4H2,1-2H3;2*1H;/q-1;;;;;+4/p-3. The molecule has 1 amide bonds. The zero-order valence-corrected chi connectivity index (χ0v) is 21.6. The van der Waals surface area contributed by atoms with Crippen molar-refractivity contribution in [2.45, 2.75) is 85.7 Å². The Labute approximate surface area is 192 Å². The van der Waals surface area contributed by atoms with Crippen molar-refractivity contribution in [3.63, 3.8) is 0 Å². The summed E-state index contributed by atoms with van der Waals surface area (Å²) in [5.74, 6) is 0.290. The molecule has 1 radical (unpaired) electrons. The minimum Gasteiger partial charge on any atom is -1.00 e. The number of allylic oxidation sites excluding steroid dienone is 4. The minimum atomic E-state index is -0.352. The Kier molecular flexibility index (Phi) is 26.4. The summed E-state index contributed by atoms with van der Waals surface area (Å²) in [7, 11) is 0.815. The number of carbonyl (C=O) groups excluding carboxylic acids is 1. The van der Waals surface area contributed by atoms with Gasteiger partial charge in [0.1, 0.15) is 0 Å². The van der Waals surface area contributed by atoms with Crippen molar-refractivity contribution in [1.82, 2.24) is 0 Å². The number of halogens is 2. The van der Waals surface area contributed by atoms with E-state index in [-0.39, 0.29) is 58.4 Å². The maximum absolute atomic E-state index is 10.5. The first-order chi connectivity index (χ1) is 10.8. The number of rotatable bonds is 3. The summed E-state index contributed by atoms with van der Waals surface area (Å²) in [6.45, 7) is 13.2. The second kappa shape index (κ2) is 20.2. The van der Waals surface area contributed by atoms with Gasteiger partial charge in [-0.2, -0.15) is 11.1 Å². The van der Waals surface area contributed by atoms with Gasteiger partial charge >= 0.3 is 21.7 Å².